The summed E-state index contributed by atoms with van der Waals surface area (Å²) in [5.74, 6) is -2.17. The average molecular weight is 355 g/mol. The first-order valence-electron chi connectivity index (χ1n) is 7.30. The van der Waals surface area contributed by atoms with Crippen LogP contribution >= 0.6 is 0 Å². The van der Waals surface area contributed by atoms with Crippen LogP contribution in [0.1, 0.15) is 36.9 Å². The van der Waals surface area contributed by atoms with Crippen molar-refractivity contribution in [2.75, 3.05) is 6.61 Å². The Bertz CT molecular complexity index is 811. The molecule has 0 aromatic carbocycles. The molecule has 3 N–H and O–H groups in total. The number of nitrogens with zero attached hydrogens (tertiary/aromatic N) is 1. The van der Waals surface area contributed by atoms with Crippen molar-refractivity contribution in [3.05, 3.63) is 32.6 Å². The summed E-state index contributed by atoms with van der Waals surface area (Å²) in [6.45, 7) is 2.30. The normalized spacial score (nSPS) is 22.4. The number of aromatic amines is 1. The standard InChI is InChI=1S/C14H17N3O8/c1-6(18)23-5-8-3-10(24-7(2)19)13(25-8)17-4-9(11(15)20)12(21)16-14(17)22/h4,8,10,13H,3,5H2,1-2H3,(H2,15,20)(H,16,21,22)/t8-,10+,13+/m0/s1. The van der Waals surface area contributed by atoms with Crippen molar-refractivity contribution in [1.82, 2.24) is 9.55 Å². The minimum Gasteiger partial charge on any atom is -0.463 e. The molecule has 2 rings (SSSR count). The molecule has 11 nitrogen and oxygen atoms in total. The van der Waals surface area contributed by atoms with E-state index in [1.165, 1.54) is 13.8 Å². The summed E-state index contributed by atoms with van der Waals surface area (Å²) in [5.41, 5.74) is 2.84. The molecule has 1 aliphatic rings. The van der Waals surface area contributed by atoms with Crippen molar-refractivity contribution in [3.63, 3.8) is 0 Å². The van der Waals surface area contributed by atoms with Crippen LogP contribution in [0.5, 0.6) is 0 Å². The lowest BCUT2D eigenvalue weighted by Crippen LogP contribution is -2.39. The maximum Gasteiger partial charge on any atom is 0.330 e. The Labute approximate surface area is 140 Å². The van der Waals surface area contributed by atoms with Crippen LogP contribution in [0, 0.1) is 0 Å². The van der Waals surface area contributed by atoms with Crippen LogP contribution in [-0.4, -0.2) is 46.2 Å². The number of hydrogen-bond acceptors (Lipinski definition) is 8. The van der Waals surface area contributed by atoms with Gasteiger partial charge in [0.25, 0.3) is 11.5 Å². The van der Waals surface area contributed by atoms with Crippen LogP contribution in [0.15, 0.2) is 15.8 Å². The second kappa shape index (κ2) is 7.30. The molecule has 0 saturated carbocycles. The first-order valence-corrected chi connectivity index (χ1v) is 7.30. The Morgan fingerprint density at radius 2 is 2.00 bits per heavy atom. The van der Waals surface area contributed by atoms with Gasteiger partial charge in [0.05, 0.1) is 6.10 Å². The van der Waals surface area contributed by atoms with Gasteiger partial charge in [-0.05, 0) is 0 Å². The zero-order valence-electron chi connectivity index (χ0n) is 13.5. The van der Waals surface area contributed by atoms with Crippen LogP contribution in [0.25, 0.3) is 0 Å². The van der Waals surface area contributed by atoms with Gasteiger partial charge in [-0.15, -0.1) is 0 Å². The molecule has 1 aromatic rings. The van der Waals surface area contributed by atoms with E-state index < -0.39 is 53.1 Å². The molecule has 1 saturated heterocycles. The third kappa shape index (κ3) is 4.32. The SMILES string of the molecule is CC(=O)OC[C@@H]1C[C@@H](OC(C)=O)[C@H](n2cc(C(N)=O)c(=O)[nH]c2=O)O1. The Kier molecular flexibility index (Phi) is 5.37. The van der Waals surface area contributed by atoms with Crippen molar-refractivity contribution < 1.29 is 28.6 Å². The number of carbonyl (C=O) groups is 3. The summed E-state index contributed by atoms with van der Waals surface area (Å²) >= 11 is 0. The highest BCUT2D eigenvalue weighted by atomic mass is 16.6. The van der Waals surface area contributed by atoms with E-state index >= 15 is 0 Å². The van der Waals surface area contributed by atoms with Crippen LogP contribution in [0.4, 0.5) is 0 Å². The molecule has 1 amide bonds. The first-order chi connectivity index (χ1) is 11.7. The van der Waals surface area contributed by atoms with E-state index in [4.69, 9.17) is 19.9 Å². The molecule has 0 radical (unpaired) electrons. The smallest absolute Gasteiger partial charge is 0.330 e. The van der Waals surface area contributed by atoms with Crippen molar-refractivity contribution >= 4 is 17.8 Å². The molecule has 3 atom stereocenters. The zero-order valence-corrected chi connectivity index (χ0v) is 13.5. The lowest BCUT2D eigenvalue weighted by Gasteiger charge is -2.20. The first kappa shape index (κ1) is 18.4. The maximum absolute atomic E-state index is 12.1. The molecular weight excluding hydrogens is 338 g/mol. The number of nitrogens with one attached hydrogen (secondary N) is 1. The average Bonchev–Trinajstić information content (AvgIpc) is 2.86. The second-order valence-corrected chi connectivity index (χ2v) is 5.41. The van der Waals surface area contributed by atoms with Gasteiger partial charge in [0.15, 0.2) is 6.23 Å². The molecular formula is C14H17N3O8. The van der Waals surface area contributed by atoms with E-state index in [1.54, 1.807) is 0 Å². The zero-order chi connectivity index (χ0) is 18.7. The highest BCUT2D eigenvalue weighted by Gasteiger charge is 2.40. The Hall–Kier alpha value is -2.95. The fourth-order valence-electron chi connectivity index (χ4n) is 2.45. The van der Waals surface area contributed by atoms with Gasteiger partial charge in [0, 0.05) is 26.5 Å². The van der Waals surface area contributed by atoms with Crippen LogP contribution in [-0.2, 0) is 23.8 Å². The lowest BCUT2D eigenvalue weighted by atomic mass is 10.2. The monoisotopic (exact) mass is 355 g/mol. The van der Waals surface area contributed by atoms with Gasteiger partial charge in [-0.3, -0.25) is 28.7 Å². The van der Waals surface area contributed by atoms with Gasteiger partial charge in [0.2, 0.25) is 0 Å². The van der Waals surface area contributed by atoms with Gasteiger partial charge in [-0.1, -0.05) is 0 Å². The van der Waals surface area contributed by atoms with Crippen LogP contribution in [0.2, 0.25) is 0 Å². The predicted octanol–water partition coefficient (Wildman–Crippen LogP) is -1.58. The summed E-state index contributed by atoms with van der Waals surface area (Å²) in [4.78, 5) is 59.1. The van der Waals surface area contributed by atoms with E-state index in [2.05, 4.69) is 0 Å². The van der Waals surface area contributed by atoms with E-state index in [9.17, 15) is 24.0 Å². The molecule has 1 fully saturated rings. The number of nitrogens with two attached hydrogens (primary N) is 1. The number of rotatable bonds is 5. The highest BCUT2D eigenvalue weighted by Crippen LogP contribution is 2.30. The Morgan fingerprint density at radius 1 is 1.32 bits per heavy atom. The number of ether oxygens (including phenoxy) is 3. The third-order valence-electron chi connectivity index (χ3n) is 3.44. The molecule has 0 spiro atoms. The van der Waals surface area contributed by atoms with E-state index in [-0.39, 0.29) is 13.0 Å². The third-order valence-corrected chi connectivity index (χ3v) is 3.44. The summed E-state index contributed by atoms with van der Waals surface area (Å²) in [6.07, 6.45) is -1.56. The summed E-state index contributed by atoms with van der Waals surface area (Å²) < 4.78 is 16.5. The molecule has 1 aliphatic heterocycles. The number of primary amides is 1. The summed E-state index contributed by atoms with van der Waals surface area (Å²) in [6, 6.07) is 0. The fourth-order valence-corrected chi connectivity index (χ4v) is 2.45. The van der Waals surface area contributed by atoms with Gasteiger partial charge >= 0.3 is 17.6 Å². The van der Waals surface area contributed by atoms with Crippen molar-refractivity contribution in [2.45, 2.75) is 38.7 Å². The number of hydrogen-bond donors (Lipinski definition) is 2. The number of carbonyl (C=O) groups excluding carboxylic acids is 3. The van der Waals surface area contributed by atoms with Crippen LogP contribution in [0.3, 0.4) is 0 Å². The van der Waals surface area contributed by atoms with E-state index in [0.717, 1.165) is 10.8 Å². The molecule has 2 heterocycles. The second-order valence-electron chi connectivity index (χ2n) is 5.41. The quantitative estimate of drug-likeness (QED) is 0.598. The largest absolute Gasteiger partial charge is 0.463 e. The summed E-state index contributed by atoms with van der Waals surface area (Å²) in [5, 5.41) is 0. The number of H-pyrrole nitrogens is 1. The van der Waals surface area contributed by atoms with E-state index in [1.807, 2.05) is 4.98 Å². The van der Waals surface area contributed by atoms with Crippen molar-refractivity contribution in [2.24, 2.45) is 5.73 Å². The van der Waals surface area contributed by atoms with Crippen molar-refractivity contribution in [1.29, 1.82) is 0 Å². The molecule has 0 unspecified atom stereocenters. The van der Waals surface area contributed by atoms with Crippen molar-refractivity contribution in [3.8, 4) is 0 Å². The molecule has 0 aliphatic carbocycles. The number of amides is 1. The predicted molar refractivity (Wildman–Crippen MR) is 80.6 cm³/mol. The van der Waals surface area contributed by atoms with Gasteiger partial charge in [-0.2, -0.15) is 0 Å². The molecule has 25 heavy (non-hydrogen) atoms. The molecule has 11 heteroatoms. The lowest BCUT2D eigenvalue weighted by molar-refractivity contribution is -0.153. The number of aromatic nitrogens is 2. The topological polar surface area (TPSA) is 160 Å². The number of esters is 2. The Balaban J connectivity index is 2.36. The maximum atomic E-state index is 12.1. The minimum absolute atomic E-state index is 0.107. The molecule has 136 valence electrons. The Morgan fingerprint density at radius 3 is 2.56 bits per heavy atom. The van der Waals surface area contributed by atoms with Crippen LogP contribution < -0.4 is 17.0 Å². The fraction of sp³-hybridized carbons (Fsp3) is 0.500. The van der Waals surface area contributed by atoms with Gasteiger partial charge in [0.1, 0.15) is 18.3 Å². The molecule has 1 aromatic heterocycles. The van der Waals surface area contributed by atoms with Gasteiger partial charge in [-0.25, -0.2) is 4.79 Å². The summed E-state index contributed by atoms with van der Waals surface area (Å²) in [7, 11) is 0. The van der Waals surface area contributed by atoms with E-state index in [0.29, 0.717) is 0 Å². The highest BCUT2D eigenvalue weighted by molar-refractivity contribution is 5.91. The van der Waals surface area contributed by atoms with Gasteiger partial charge < -0.3 is 19.9 Å². The minimum atomic E-state index is -1.12. The molecule has 0 bridgehead atoms.